The topological polar surface area (TPSA) is 88.4 Å². The van der Waals surface area contributed by atoms with E-state index in [9.17, 15) is 14.9 Å². The molecule has 0 bridgehead atoms. The first-order valence-corrected chi connectivity index (χ1v) is 9.70. The number of carbonyl (C=O) groups excluding carboxylic acids is 1. The van der Waals surface area contributed by atoms with Crippen LogP contribution in [0.2, 0.25) is 5.02 Å². The molecule has 1 saturated heterocycles. The van der Waals surface area contributed by atoms with Crippen molar-refractivity contribution in [2.75, 3.05) is 19.6 Å². The fraction of sp³-hybridized carbons (Fsp3) is 0.400. The van der Waals surface area contributed by atoms with Crippen molar-refractivity contribution in [3.63, 3.8) is 0 Å². The summed E-state index contributed by atoms with van der Waals surface area (Å²) >= 11 is 5.88. The van der Waals surface area contributed by atoms with Crippen LogP contribution in [0.3, 0.4) is 0 Å². The van der Waals surface area contributed by atoms with E-state index in [4.69, 9.17) is 11.6 Å². The van der Waals surface area contributed by atoms with E-state index in [1.54, 1.807) is 11.1 Å². The van der Waals surface area contributed by atoms with Crippen molar-refractivity contribution in [2.45, 2.75) is 32.0 Å². The van der Waals surface area contributed by atoms with Crippen molar-refractivity contribution < 1.29 is 14.1 Å². The van der Waals surface area contributed by atoms with Crippen LogP contribution in [0.4, 0.5) is 10.1 Å². The minimum atomic E-state index is -1.39. The number of hydrogen-bond donors (Lipinski definition) is 1. The molecule has 0 spiro atoms. The number of nitro benzene ring substituents is 1. The third-order valence-corrected chi connectivity index (χ3v) is 5.36. The highest BCUT2D eigenvalue weighted by Crippen LogP contribution is 2.29. The molecule has 9 heteroatoms. The van der Waals surface area contributed by atoms with Gasteiger partial charge in [0.15, 0.2) is 0 Å². The predicted octanol–water partition coefficient (Wildman–Crippen LogP) is 3.69. The van der Waals surface area contributed by atoms with Crippen molar-refractivity contribution in [3.05, 3.63) is 68.5 Å². The fourth-order valence-corrected chi connectivity index (χ4v) is 3.53. The zero-order chi connectivity index (χ0) is 21.0. The molecule has 2 aromatic rings. The average Bonchev–Trinajstić information content (AvgIpc) is 2.69. The Bertz CT molecular complexity index is 899. The number of alkyl halides is 1. The lowest BCUT2D eigenvalue weighted by atomic mass is 9.92. The van der Waals surface area contributed by atoms with Gasteiger partial charge in [0.05, 0.1) is 10.6 Å². The van der Waals surface area contributed by atoms with Gasteiger partial charge in [-0.05, 0) is 30.7 Å². The smallest absolute Gasteiger partial charge is 0.287 e. The number of aryl methyl sites for hydroxylation is 1. The molecule has 0 unspecified atom stereocenters. The minimum absolute atomic E-state index is 0.0911. The fourth-order valence-electron chi connectivity index (χ4n) is 3.28. The van der Waals surface area contributed by atoms with E-state index in [2.05, 4.69) is 10.3 Å². The first kappa shape index (κ1) is 21.1. The molecule has 1 aromatic heterocycles. The second kappa shape index (κ2) is 8.84. The monoisotopic (exact) mass is 420 g/mol. The number of aromatic nitrogens is 1. The van der Waals surface area contributed by atoms with Gasteiger partial charge in [-0.1, -0.05) is 17.7 Å². The number of amides is 1. The first-order valence-electron chi connectivity index (χ1n) is 9.32. The van der Waals surface area contributed by atoms with E-state index in [0.29, 0.717) is 6.54 Å². The molecular weight excluding hydrogens is 399 g/mol. The first-order chi connectivity index (χ1) is 13.8. The standard InChI is InChI=1S/C20H22ClFN4O3/c1-14-2-4-16(24-11-14)12-23-13-20(22)6-8-25(9-7-20)19(27)15-3-5-18(26(28)29)17(21)10-15/h2-5,10-11,23H,6-9,12-13H2,1H3. The summed E-state index contributed by atoms with van der Waals surface area (Å²) in [5.74, 6) is -0.305. The van der Waals surface area contributed by atoms with E-state index in [0.717, 1.165) is 11.3 Å². The van der Waals surface area contributed by atoms with Crippen molar-refractivity contribution in [1.82, 2.24) is 15.2 Å². The maximum absolute atomic E-state index is 15.1. The Labute approximate surface area is 173 Å². The van der Waals surface area contributed by atoms with Gasteiger partial charge in [0.2, 0.25) is 0 Å². The van der Waals surface area contributed by atoms with Gasteiger partial charge in [0, 0.05) is 56.8 Å². The highest BCUT2D eigenvalue weighted by atomic mass is 35.5. The minimum Gasteiger partial charge on any atom is -0.338 e. The molecular formula is C20H22ClFN4O3. The van der Waals surface area contributed by atoms with Gasteiger partial charge in [-0.15, -0.1) is 0 Å². The maximum Gasteiger partial charge on any atom is 0.287 e. The quantitative estimate of drug-likeness (QED) is 0.568. The highest BCUT2D eigenvalue weighted by Gasteiger charge is 2.36. The van der Waals surface area contributed by atoms with Crippen molar-refractivity contribution in [2.24, 2.45) is 0 Å². The maximum atomic E-state index is 15.1. The van der Waals surface area contributed by atoms with E-state index in [1.165, 1.54) is 18.2 Å². The van der Waals surface area contributed by atoms with Gasteiger partial charge >= 0.3 is 0 Å². The summed E-state index contributed by atoms with van der Waals surface area (Å²) in [5, 5.41) is 13.9. The number of benzene rings is 1. The van der Waals surface area contributed by atoms with Gasteiger partial charge in [0.1, 0.15) is 10.7 Å². The number of likely N-dealkylation sites (tertiary alicyclic amines) is 1. The van der Waals surface area contributed by atoms with Gasteiger partial charge in [0.25, 0.3) is 11.6 Å². The summed E-state index contributed by atoms with van der Waals surface area (Å²) in [7, 11) is 0. The van der Waals surface area contributed by atoms with Crippen LogP contribution >= 0.6 is 11.6 Å². The van der Waals surface area contributed by atoms with E-state index < -0.39 is 10.6 Å². The third-order valence-electron chi connectivity index (χ3n) is 5.06. The number of nitrogens with one attached hydrogen (secondary N) is 1. The second-order valence-electron chi connectivity index (χ2n) is 7.30. The zero-order valence-corrected chi connectivity index (χ0v) is 16.8. The van der Waals surface area contributed by atoms with Crippen LogP contribution in [0, 0.1) is 17.0 Å². The number of nitrogens with zero attached hydrogens (tertiary/aromatic N) is 3. The summed E-state index contributed by atoms with van der Waals surface area (Å²) in [5.41, 5.74) is 0.535. The summed E-state index contributed by atoms with van der Waals surface area (Å²) in [6, 6.07) is 7.74. The van der Waals surface area contributed by atoms with E-state index in [1.807, 2.05) is 19.1 Å². The molecule has 1 aromatic carbocycles. The summed E-state index contributed by atoms with van der Waals surface area (Å²) < 4.78 is 15.1. The Balaban J connectivity index is 1.52. The van der Waals surface area contributed by atoms with Gasteiger partial charge in [-0.2, -0.15) is 0 Å². The van der Waals surface area contributed by atoms with E-state index >= 15 is 4.39 Å². The predicted molar refractivity (Wildman–Crippen MR) is 108 cm³/mol. The van der Waals surface area contributed by atoms with Gasteiger partial charge in [-0.3, -0.25) is 19.9 Å². The molecule has 7 nitrogen and oxygen atoms in total. The molecule has 1 N–H and O–H groups in total. The number of pyridine rings is 1. The molecule has 29 heavy (non-hydrogen) atoms. The Morgan fingerprint density at radius 1 is 1.34 bits per heavy atom. The van der Waals surface area contributed by atoms with Crippen LogP contribution < -0.4 is 5.32 Å². The average molecular weight is 421 g/mol. The zero-order valence-electron chi connectivity index (χ0n) is 16.0. The number of carbonyl (C=O) groups is 1. The van der Waals surface area contributed by atoms with E-state index in [-0.39, 0.29) is 54.7 Å². The Hall–Kier alpha value is -2.58. The molecule has 3 rings (SSSR count). The molecule has 1 aliphatic rings. The highest BCUT2D eigenvalue weighted by molar-refractivity contribution is 6.33. The molecule has 0 radical (unpaired) electrons. The van der Waals surface area contributed by atoms with Gasteiger partial charge < -0.3 is 10.2 Å². The summed E-state index contributed by atoms with van der Waals surface area (Å²) in [6.45, 7) is 3.17. The molecule has 1 aliphatic heterocycles. The molecule has 0 saturated carbocycles. The van der Waals surface area contributed by atoms with Crippen LogP contribution in [0.5, 0.6) is 0 Å². The number of hydrogen-bond acceptors (Lipinski definition) is 5. The molecule has 2 heterocycles. The lowest BCUT2D eigenvalue weighted by Crippen LogP contribution is -2.48. The molecule has 0 aliphatic carbocycles. The molecule has 1 fully saturated rings. The van der Waals surface area contributed by atoms with Crippen molar-refractivity contribution in [1.29, 1.82) is 0 Å². The molecule has 1 amide bonds. The molecule has 154 valence electrons. The second-order valence-corrected chi connectivity index (χ2v) is 7.70. The Morgan fingerprint density at radius 2 is 2.07 bits per heavy atom. The van der Waals surface area contributed by atoms with Gasteiger partial charge in [-0.25, -0.2) is 4.39 Å². The lowest BCUT2D eigenvalue weighted by molar-refractivity contribution is -0.384. The van der Waals surface area contributed by atoms with Crippen LogP contribution in [0.1, 0.15) is 34.5 Å². The van der Waals surface area contributed by atoms with Crippen LogP contribution in [0.25, 0.3) is 0 Å². The van der Waals surface area contributed by atoms with Crippen molar-refractivity contribution in [3.8, 4) is 0 Å². The lowest BCUT2D eigenvalue weighted by Gasteiger charge is -2.36. The molecule has 0 atom stereocenters. The Kier molecular flexibility index (Phi) is 6.44. The normalized spacial score (nSPS) is 15.9. The summed E-state index contributed by atoms with van der Waals surface area (Å²) in [4.78, 5) is 28.7. The number of rotatable bonds is 6. The number of nitro groups is 1. The van der Waals surface area contributed by atoms with Crippen LogP contribution in [-0.2, 0) is 6.54 Å². The number of piperidine rings is 1. The largest absolute Gasteiger partial charge is 0.338 e. The third kappa shape index (κ3) is 5.27. The number of halogens is 2. The van der Waals surface area contributed by atoms with Crippen LogP contribution in [-0.4, -0.2) is 46.0 Å². The Morgan fingerprint density at radius 3 is 2.66 bits per heavy atom. The SMILES string of the molecule is Cc1ccc(CNCC2(F)CCN(C(=O)c3ccc([N+](=O)[O-])c(Cl)c3)CC2)nc1. The van der Waals surface area contributed by atoms with Crippen LogP contribution in [0.15, 0.2) is 36.5 Å². The summed E-state index contributed by atoms with van der Waals surface area (Å²) in [6.07, 6.45) is 2.21. The van der Waals surface area contributed by atoms with Crippen molar-refractivity contribution >= 4 is 23.2 Å².